The molecule has 2 fully saturated rings. The molecule has 0 amide bonds. The monoisotopic (exact) mass is 182 g/mol. The predicted octanol–water partition coefficient (Wildman–Crippen LogP) is 2.98. The second-order valence-corrected chi connectivity index (χ2v) is 9.60. The maximum Gasteiger partial charge on any atom is 0.132 e. The van der Waals surface area contributed by atoms with Crippen LogP contribution in [-0.2, 0) is 4.79 Å². The smallest absolute Gasteiger partial charge is 0.132 e. The molecule has 0 atom stereocenters. The van der Waals surface area contributed by atoms with E-state index in [9.17, 15) is 4.79 Å². The van der Waals surface area contributed by atoms with Crippen molar-refractivity contribution < 1.29 is 4.79 Å². The first-order valence-corrected chi connectivity index (χ1v) is 8.15. The predicted molar refractivity (Wildman–Crippen MR) is 53.1 cm³/mol. The summed E-state index contributed by atoms with van der Waals surface area (Å²) in [5.41, 5.74) is 0. The summed E-state index contributed by atoms with van der Waals surface area (Å²) >= 11 is 0. The molecule has 12 heavy (non-hydrogen) atoms. The number of ketones is 1. The largest absolute Gasteiger partial charge is 0.300 e. The number of hydrogen-bond acceptors (Lipinski definition) is 1. The van der Waals surface area contributed by atoms with Gasteiger partial charge in [0.05, 0.1) is 8.07 Å². The summed E-state index contributed by atoms with van der Waals surface area (Å²) in [5, 5.41) is 0. The zero-order valence-electron chi connectivity index (χ0n) is 7.77. The fourth-order valence-electron chi connectivity index (χ4n) is 2.86. The lowest BCUT2D eigenvalue weighted by molar-refractivity contribution is -0.118. The molecule has 0 N–H and O–H groups in total. The lowest BCUT2D eigenvalue weighted by atomic mass is 10.2. The van der Waals surface area contributed by atoms with E-state index in [0.29, 0.717) is 5.78 Å². The van der Waals surface area contributed by atoms with Gasteiger partial charge in [0, 0.05) is 12.8 Å². The first-order valence-electron chi connectivity index (χ1n) is 5.33. The minimum absolute atomic E-state index is 0.540. The average Bonchev–Trinajstić information content (AvgIpc) is 2.13. The molecule has 68 valence electrons. The van der Waals surface area contributed by atoms with E-state index < -0.39 is 8.07 Å². The van der Waals surface area contributed by atoms with Crippen molar-refractivity contribution >= 4 is 13.9 Å². The molecule has 2 heteroatoms. The van der Waals surface area contributed by atoms with Crippen LogP contribution in [0, 0.1) is 0 Å². The van der Waals surface area contributed by atoms with Gasteiger partial charge in [0.15, 0.2) is 0 Å². The molecule has 2 saturated heterocycles. The summed E-state index contributed by atoms with van der Waals surface area (Å²) in [6.07, 6.45) is 6.28. The molecule has 0 aromatic rings. The third-order valence-electron chi connectivity index (χ3n) is 3.78. The highest BCUT2D eigenvalue weighted by atomic mass is 28.3. The van der Waals surface area contributed by atoms with E-state index in [4.69, 9.17) is 0 Å². The van der Waals surface area contributed by atoms with E-state index in [1.54, 1.807) is 12.1 Å². The standard InChI is InChI=1S/C10H18OSi/c11-10-4-8-12(9-5-10)6-2-1-3-7-12/h1-9H2. The molecular formula is C10H18OSi. The van der Waals surface area contributed by atoms with Crippen LogP contribution < -0.4 is 0 Å². The highest BCUT2D eigenvalue weighted by molar-refractivity contribution is 6.80. The Morgan fingerprint density at radius 1 is 0.833 bits per heavy atom. The molecule has 2 rings (SSSR count). The number of carbonyl (C=O) groups excluding carboxylic acids is 1. The van der Waals surface area contributed by atoms with Crippen molar-refractivity contribution in [1.82, 2.24) is 0 Å². The van der Waals surface area contributed by atoms with Crippen LogP contribution in [0.4, 0.5) is 0 Å². The van der Waals surface area contributed by atoms with Gasteiger partial charge >= 0.3 is 0 Å². The summed E-state index contributed by atoms with van der Waals surface area (Å²) in [4.78, 5) is 11.1. The molecule has 0 radical (unpaired) electrons. The van der Waals surface area contributed by atoms with Crippen molar-refractivity contribution in [3.8, 4) is 0 Å². The van der Waals surface area contributed by atoms with Gasteiger partial charge in [-0.3, -0.25) is 4.79 Å². The van der Waals surface area contributed by atoms with Crippen LogP contribution >= 0.6 is 0 Å². The van der Waals surface area contributed by atoms with Crippen molar-refractivity contribution in [1.29, 1.82) is 0 Å². The molecule has 0 aliphatic carbocycles. The van der Waals surface area contributed by atoms with Crippen molar-refractivity contribution in [2.24, 2.45) is 0 Å². The highest BCUT2D eigenvalue weighted by Gasteiger charge is 2.37. The van der Waals surface area contributed by atoms with Gasteiger partial charge in [0.25, 0.3) is 0 Å². The first kappa shape index (κ1) is 8.48. The van der Waals surface area contributed by atoms with Gasteiger partial charge in [-0.05, 0) is 0 Å². The van der Waals surface area contributed by atoms with Gasteiger partial charge in [0.2, 0.25) is 0 Å². The Balaban J connectivity index is 1.96. The Labute approximate surface area is 75.6 Å². The van der Waals surface area contributed by atoms with Crippen LogP contribution in [-0.4, -0.2) is 13.9 Å². The Morgan fingerprint density at radius 3 is 2.00 bits per heavy atom. The van der Waals surface area contributed by atoms with Crippen LogP contribution in [0.1, 0.15) is 32.1 Å². The topological polar surface area (TPSA) is 17.1 Å². The second-order valence-electron chi connectivity index (χ2n) is 4.60. The molecular weight excluding hydrogens is 164 g/mol. The molecule has 0 unspecified atom stereocenters. The summed E-state index contributed by atoms with van der Waals surface area (Å²) in [6, 6.07) is 5.76. The Hall–Kier alpha value is -0.113. The molecule has 1 spiro atoms. The van der Waals surface area contributed by atoms with Gasteiger partial charge in [-0.25, -0.2) is 0 Å². The first-order chi connectivity index (χ1) is 5.81. The lowest BCUT2D eigenvalue weighted by Gasteiger charge is -2.37. The van der Waals surface area contributed by atoms with Crippen LogP contribution in [0.3, 0.4) is 0 Å². The van der Waals surface area contributed by atoms with Crippen LogP contribution in [0.2, 0.25) is 24.2 Å². The molecule has 1 nitrogen and oxygen atoms in total. The fraction of sp³-hybridized carbons (Fsp3) is 0.900. The Kier molecular flexibility index (Phi) is 2.35. The third kappa shape index (κ3) is 1.63. The van der Waals surface area contributed by atoms with Crippen molar-refractivity contribution in [2.75, 3.05) is 0 Å². The van der Waals surface area contributed by atoms with Crippen LogP contribution in [0.5, 0.6) is 0 Å². The van der Waals surface area contributed by atoms with Gasteiger partial charge in [0.1, 0.15) is 5.78 Å². The van der Waals surface area contributed by atoms with E-state index in [-0.39, 0.29) is 0 Å². The molecule has 2 aliphatic rings. The minimum atomic E-state index is -0.832. The Bertz CT molecular complexity index is 170. The third-order valence-corrected chi connectivity index (χ3v) is 9.23. The molecule has 0 aromatic heterocycles. The zero-order chi connectivity index (χ0) is 8.44. The van der Waals surface area contributed by atoms with Crippen molar-refractivity contribution in [2.45, 2.75) is 56.3 Å². The second kappa shape index (κ2) is 3.33. The minimum Gasteiger partial charge on any atom is -0.300 e. The van der Waals surface area contributed by atoms with Crippen LogP contribution in [0.15, 0.2) is 0 Å². The maximum absolute atomic E-state index is 11.1. The van der Waals surface area contributed by atoms with Crippen molar-refractivity contribution in [3.05, 3.63) is 0 Å². The van der Waals surface area contributed by atoms with Crippen molar-refractivity contribution in [3.63, 3.8) is 0 Å². The van der Waals surface area contributed by atoms with E-state index in [2.05, 4.69) is 0 Å². The summed E-state index contributed by atoms with van der Waals surface area (Å²) in [6.45, 7) is 0. The normalized spacial score (nSPS) is 29.2. The summed E-state index contributed by atoms with van der Waals surface area (Å²) in [5.74, 6) is 0.540. The number of Topliss-reactive ketones (excluding diaryl/α,β-unsaturated/α-hetero) is 1. The number of carbonyl (C=O) groups is 1. The van der Waals surface area contributed by atoms with E-state index >= 15 is 0 Å². The molecule has 0 bridgehead atoms. The van der Waals surface area contributed by atoms with E-state index in [0.717, 1.165) is 12.8 Å². The molecule has 0 saturated carbocycles. The maximum atomic E-state index is 11.1. The van der Waals surface area contributed by atoms with Gasteiger partial charge in [-0.1, -0.05) is 43.4 Å². The van der Waals surface area contributed by atoms with E-state index in [1.165, 1.54) is 31.4 Å². The highest BCUT2D eigenvalue weighted by Crippen LogP contribution is 2.39. The molecule has 2 aliphatic heterocycles. The van der Waals surface area contributed by atoms with Gasteiger partial charge in [-0.2, -0.15) is 0 Å². The van der Waals surface area contributed by atoms with Gasteiger partial charge in [-0.15, -0.1) is 0 Å². The molecule has 0 aromatic carbocycles. The average molecular weight is 182 g/mol. The summed E-state index contributed by atoms with van der Waals surface area (Å²) in [7, 11) is -0.832. The zero-order valence-corrected chi connectivity index (χ0v) is 8.77. The number of hydrogen-bond donors (Lipinski definition) is 0. The SMILES string of the molecule is O=C1CC[Si]2(CCCCC2)CC1. The fourth-order valence-corrected chi connectivity index (χ4v) is 7.98. The van der Waals surface area contributed by atoms with Crippen LogP contribution in [0.25, 0.3) is 0 Å². The Morgan fingerprint density at radius 2 is 1.42 bits per heavy atom. The quantitative estimate of drug-likeness (QED) is 0.526. The van der Waals surface area contributed by atoms with Gasteiger partial charge < -0.3 is 0 Å². The summed E-state index contributed by atoms with van der Waals surface area (Å²) < 4.78 is 0. The molecule has 2 heterocycles. The van der Waals surface area contributed by atoms with E-state index in [1.807, 2.05) is 0 Å². The number of rotatable bonds is 0. The lowest BCUT2D eigenvalue weighted by Crippen LogP contribution is -2.39.